The average molecular weight is 403 g/mol. The van der Waals surface area contributed by atoms with Crippen LogP contribution in [0.15, 0.2) is 53.3 Å². The summed E-state index contributed by atoms with van der Waals surface area (Å²) in [6.45, 7) is 7.83. The number of ether oxygens (including phenoxy) is 1. The zero-order valence-electron chi connectivity index (χ0n) is 17.8. The molecule has 0 spiro atoms. The molecule has 1 atom stereocenters. The molecule has 30 heavy (non-hydrogen) atoms. The van der Waals surface area contributed by atoms with Gasteiger partial charge in [-0.05, 0) is 45.4 Å². The summed E-state index contributed by atoms with van der Waals surface area (Å²) in [6, 6.07) is 15.6. The van der Waals surface area contributed by atoms with Crippen molar-refractivity contribution in [3.63, 3.8) is 0 Å². The highest BCUT2D eigenvalue weighted by Gasteiger charge is 2.22. The Labute approximate surface area is 175 Å². The average Bonchev–Trinajstić information content (AvgIpc) is 3.10. The maximum Gasteiger partial charge on any atom is 0.269 e. The minimum absolute atomic E-state index is 0.0188. The number of fused-ring (bicyclic) bond motifs is 1. The molecule has 0 unspecified atom stereocenters. The minimum atomic E-state index is -0.122. The minimum Gasteiger partial charge on any atom is -0.475 e. The number of hydrogen-bond donors (Lipinski definition) is 0. The molecule has 0 bridgehead atoms. The van der Waals surface area contributed by atoms with Gasteiger partial charge in [0.2, 0.25) is 5.88 Å². The summed E-state index contributed by atoms with van der Waals surface area (Å²) in [5, 5.41) is 4.47. The van der Waals surface area contributed by atoms with E-state index >= 15 is 0 Å². The van der Waals surface area contributed by atoms with E-state index in [0.717, 1.165) is 11.1 Å². The largest absolute Gasteiger partial charge is 0.475 e. The third-order valence-electron chi connectivity index (χ3n) is 5.01. The van der Waals surface area contributed by atoms with Crippen LogP contribution in [0.4, 0.5) is 0 Å². The zero-order chi connectivity index (χ0) is 21.4. The molecule has 4 rings (SSSR count). The molecule has 7 heteroatoms. The van der Waals surface area contributed by atoms with Gasteiger partial charge >= 0.3 is 0 Å². The quantitative estimate of drug-likeness (QED) is 0.505. The molecule has 0 radical (unpaired) electrons. The van der Waals surface area contributed by atoms with Crippen molar-refractivity contribution >= 4 is 11.2 Å². The maximum absolute atomic E-state index is 12.2. The van der Waals surface area contributed by atoms with Crippen LogP contribution in [-0.4, -0.2) is 30.4 Å². The molecule has 0 saturated heterocycles. The highest BCUT2D eigenvalue weighted by Crippen LogP contribution is 2.31. The lowest BCUT2D eigenvalue weighted by Crippen LogP contribution is -2.22. The van der Waals surface area contributed by atoms with Gasteiger partial charge in [0.15, 0.2) is 11.5 Å². The topological polar surface area (TPSA) is 74.8 Å². The van der Waals surface area contributed by atoms with E-state index in [1.807, 2.05) is 44.2 Å². The van der Waals surface area contributed by atoms with Crippen LogP contribution in [-0.2, 0) is 7.05 Å². The van der Waals surface area contributed by atoms with Crippen LogP contribution < -0.4 is 10.3 Å². The van der Waals surface area contributed by atoms with E-state index in [1.165, 1.54) is 4.68 Å². The highest BCUT2D eigenvalue weighted by atomic mass is 16.5. The molecule has 0 fully saturated rings. The molecule has 4 aromatic rings. The van der Waals surface area contributed by atoms with Crippen molar-refractivity contribution in [1.82, 2.24) is 24.3 Å². The summed E-state index contributed by atoms with van der Waals surface area (Å²) < 4.78 is 9.23. The van der Waals surface area contributed by atoms with Crippen LogP contribution in [0.5, 0.6) is 5.88 Å². The molecule has 3 heterocycles. The summed E-state index contributed by atoms with van der Waals surface area (Å²) in [7, 11) is 1.65. The first-order valence-corrected chi connectivity index (χ1v) is 10.0. The Morgan fingerprint density at radius 1 is 1.00 bits per heavy atom. The standard InChI is InChI=1S/C23H25N5O2/c1-14(2)30-20-12-11-18-21(25-20)28(16(4)17-9-7-6-8-10-17)22(24-18)19-13-15(3)23(29)27(5)26-19/h6-14,16H,1-5H3/t16-/m0/s1. The molecule has 0 aliphatic carbocycles. The van der Waals surface area contributed by atoms with Crippen LogP contribution >= 0.6 is 0 Å². The first-order chi connectivity index (χ1) is 14.3. The molecule has 0 N–H and O–H groups in total. The number of aryl methyl sites for hydroxylation is 2. The van der Waals surface area contributed by atoms with E-state index in [-0.39, 0.29) is 17.7 Å². The number of nitrogens with zero attached hydrogens (tertiary/aromatic N) is 5. The van der Waals surface area contributed by atoms with Crippen molar-refractivity contribution in [2.75, 3.05) is 0 Å². The first kappa shape index (κ1) is 19.8. The van der Waals surface area contributed by atoms with E-state index in [0.29, 0.717) is 28.6 Å². The highest BCUT2D eigenvalue weighted by molar-refractivity contribution is 5.77. The Morgan fingerprint density at radius 2 is 1.73 bits per heavy atom. The molecular formula is C23H25N5O2. The molecule has 0 aliphatic rings. The van der Waals surface area contributed by atoms with Gasteiger partial charge in [0, 0.05) is 18.7 Å². The molecule has 1 aromatic carbocycles. The summed E-state index contributed by atoms with van der Waals surface area (Å²) >= 11 is 0. The normalized spacial score (nSPS) is 12.5. The maximum atomic E-state index is 12.2. The number of hydrogen-bond acceptors (Lipinski definition) is 5. The van der Waals surface area contributed by atoms with E-state index in [1.54, 1.807) is 20.0 Å². The monoisotopic (exact) mass is 403 g/mol. The predicted molar refractivity (Wildman–Crippen MR) is 117 cm³/mol. The van der Waals surface area contributed by atoms with Crippen LogP contribution in [0.1, 0.15) is 37.9 Å². The van der Waals surface area contributed by atoms with Gasteiger partial charge in [-0.1, -0.05) is 30.3 Å². The van der Waals surface area contributed by atoms with Crippen LogP contribution in [0.25, 0.3) is 22.7 Å². The van der Waals surface area contributed by atoms with Crippen LogP contribution in [0.3, 0.4) is 0 Å². The summed E-state index contributed by atoms with van der Waals surface area (Å²) in [4.78, 5) is 21.7. The fraction of sp³-hybridized carbons (Fsp3) is 0.304. The van der Waals surface area contributed by atoms with Gasteiger partial charge in [-0.15, -0.1) is 0 Å². The number of imidazole rings is 1. The van der Waals surface area contributed by atoms with Crippen molar-refractivity contribution < 1.29 is 4.74 Å². The molecule has 0 aliphatic heterocycles. The second-order valence-electron chi connectivity index (χ2n) is 7.69. The SMILES string of the molecule is Cc1cc(-c2nc3ccc(OC(C)C)nc3n2[C@@H](C)c2ccccc2)nn(C)c1=O. The predicted octanol–water partition coefficient (Wildman–Crippen LogP) is 3.90. The third-order valence-corrected chi connectivity index (χ3v) is 5.01. The number of benzene rings is 1. The Morgan fingerprint density at radius 3 is 2.40 bits per heavy atom. The van der Waals surface area contributed by atoms with Crippen LogP contribution in [0.2, 0.25) is 0 Å². The Balaban J connectivity index is 1.98. The van der Waals surface area contributed by atoms with E-state index in [2.05, 4.69) is 28.7 Å². The Hall–Kier alpha value is -3.48. The summed E-state index contributed by atoms with van der Waals surface area (Å²) in [6.07, 6.45) is 0.0188. The number of rotatable bonds is 5. The second kappa shape index (κ2) is 7.74. The Bertz CT molecular complexity index is 1230. The molecular weight excluding hydrogens is 378 g/mol. The third kappa shape index (κ3) is 3.58. The summed E-state index contributed by atoms with van der Waals surface area (Å²) in [5.41, 5.74) is 3.71. The smallest absolute Gasteiger partial charge is 0.269 e. The van der Waals surface area contributed by atoms with E-state index in [9.17, 15) is 4.79 Å². The fourth-order valence-electron chi connectivity index (χ4n) is 3.56. The van der Waals surface area contributed by atoms with Gasteiger partial charge in [0.25, 0.3) is 5.56 Å². The molecule has 0 saturated carbocycles. The van der Waals surface area contributed by atoms with E-state index in [4.69, 9.17) is 14.7 Å². The summed E-state index contributed by atoms with van der Waals surface area (Å²) in [5.74, 6) is 1.21. The van der Waals surface area contributed by atoms with Gasteiger partial charge in [-0.3, -0.25) is 9.36 Å². The van der Waals surface area contributed by atoms with Gasteiger partial charge in [-0.25, -0.2) is 9.67 Å². The lowest BCUT2D eigenvalue weighted by molar-refractivity contribution is 0.233. The van der Waals surface area contributed by atoms with Crippen molar-refractivity contribution in [3.05, 3.63) is 70.0 Å². The molecule has 154 valence electrons. The number of pyridine rings is 1. The van der Waals surface area contributed by atoms with E-state index < -0.39 is 0 Å². The number of aromatic nitrogens is 5. The van der Waals surface area contributed by atoms with Crippen molar-refractivity contribution in [2.24, 2.45) is 7.05 Å². The Kier molecular flexibility index (Phi) is 5.11. The molecule has 7 nitrogen and oxygen atoms in total. The molecule has 0 amide bonds. The lowest BCUT2D eigenvalue weighted by Gasteiger charge is -2.18. The van der Waals surface area contributed by atoms with Crippen molar-refractivity contribution in [3.8, 4) is 17.4 Å². The van der Waals surface area contributed by atoms with Gasteiger partial charge in [-0.2, -0.15) is 10.1 Å². The second-order valence-corrected chi connectivity index (χ2v) is 7.69. The van der Waals surface area contributed by atoms with Gasteiger partial charge in [0.1, 0.15) is 11.2 Å². The van der Waals surface area contributed by atoms with Crippen LogP contribution in [0, 0.1) is 6.92 Å². The first-order valence-electron chi connectivity index (χ1n) is 10.0. The van der Waals surface area contributed by atoms with Gasteiger partial charge < -0.3 is 4.74 Å². The van der Waals surface area contributed by atoms with Crippen molar-refractivity contribution in [2.45, 2.75) is 39.8 Å². The fourth-order valence-corrected chi connectivity index (χ4v) is 3.56. The lowest BCUT2D eigenvalue weighted by atomic mass is 10.1. The van der Waals surface area contributed by atoms with Gasteiger partial charge in [0.05, 0.1) is 12.1 Å². The molecule has 3 aromatic heterocycles. The zero-order valence-corrected chi connectivity index (χ0v) is 17.8. The van der Waals surface area contributed by atoms with Crippen molar-refractivity contribution in [1.29, 1.82) is 0 Å².